The Balaban J connectivity index is 1.69. The average molecular weight is 319 g/mol. The summed E-state index contributed by atoms with van der Waals surface area (Å²) in [4.78, 5) is 28.6. The molecule has 2 amide bonds. The molecule has 5 heteroatoms. The lowest BCUT2D eigenvalue weighted by Gasteiger charge is -2.09. The fourth-order valence-electron chi connectivity index (χ4n) is 2.32. The first-order valence-electron chi connectivity index (χ1n) is 7.58. The van der Waals surface area contributed by atoms with Crippen LogP contribution in [-0.4, -0.2) is 16.8 Å². The highest BCUT2D eigenvalue weighted by molar-refractivity contribution is 5.99. The van der Waals surface area contributed by atoms with E-state index in [2.05, 4.69) is 15.8 Å². The second-order valence-corrected chi connectivity index (χ2v) is 5.60. The summed E-state index contributed by atoms with van der Waals surface area (Å²) >= 11 is 0. The summed E-state index contributed by atoms with van der Waals surface area (Å²) in [6, 6.07) is 16.3. The van der Waals surface area contributed by atoms with Crippen LogP contribution >= 0.6 is 0 Å². The van der Waals surface area contributed by atoms with E-state index in [4.69, 9.17) is 0 Å². The van der Waals surface area contributed by atoms with E-state index < -0.39 is 5.91 Å². The molecule has 120 valence electrons. The van der Waals surface area contributed by atoms with Gasteiger partial charge in [-0.05, 0) is 49.2 Å². The number of benzene rings is 2. The summed E-state index contributed by atoms with van der Waals surface area (Å²) in [6.07, 6.45) is 0. The van der Waals surface area contributed by atoms with E-state index in [1.54, 1.807) is 18.2 Å². The first-order chi connectivity index (χ1) is 11.5. The van der Waals surface area contributed by atoms with Crippen LogP contribution in [-0.2, 0) is 0 Å². The third kappa shape index (κ3) is 3.25. The number of amides is 2. The van der Waals surface area contributed by atoms with Crippen LogP contribution < -0.4 is 10.9 Å². The summed E-state index contributed by atoms with van der Waals surface area (Å²) in [5, 5.41) is 0.952. The van der Waals surface area contributed by atoms with Gasteiger partial charge in [-0.15, -0.1) is 0 Å². The Morgan fingerprint density at radius 1 is 0.833 bits per heavy atom. The van der Waals surface area contributed by atoms with Gasteiger partial charge in [0, 0.05) is 10.9 Å². The lowest BCUT2D eigenvalue weighted by molar-refractivity contribution is 0.0844. The molecule has 2 N–H and O–H groups in total. The summed E-state index contributed by atoms with van der Waals surface area (Å²) in [7, 11) is 0. The second-order valence-electron chi connectivity index (χ2n) is 5.60. The maximum Gasteiger partial charge on any atom is 0.288 e. The number of hydrogen-bond donors (Lipinski definition) is 2. The van der Waals surface area contributed by atoms with Gasteiger partial charge in [0.2, 0.25) is 0 Å². The standard InChI is InChI=1S/C19H17N3O2/c1-12-7-8-15(11-13(12)2)18(23)21-22-19(24)17-10-9-14-5-3-4-6-16(14)20-17/h3-11H,1-2H3,(H,21,23)(H,22,24). The zero-order valence-electron chi connectivity index (χ0n) is 13.5. The van der Waals surface area contributed by atoms with Crippen LogP contribution in [0.2, 0.25) is 0 Å². The normalized spacial score (nSPS) is 10.4. The molecule has 0 saturated carbocycles. The van der Waals surface area contributed by atoms with E-state index >= 15 is 0 Å². The van der Waals surface area contributed by atoms with Crippen LogP contribution in [0.1, 0.15) is 32.0 Å². The summed E-state index contributed by atoms with van der Waals surface area (Å²) < 4.78 is 0. The number of aromatic nitrogens is 1. The molecule has 1 aromatic heterocycles. The largest absolute Gasteiger partial charge is 0.288 e. The SMILES string of the molecule is Cc1ccc(C(=O)NNC(=O)c2ccc3ccccc3n2)cc1C. The Kier molecular flexibility index (Phi) is 4.24. The Morgan fingerprint density at radius 3 is 2.38 bits per heavy atom. The molecule has 3 rings (SSSR count). The Morgan fingerprint density at radius 2 is 1.58 bits per heavy atom. The smallest absolute Gasteiger partial charge is 0.267 e. The van der Waals surface area contributed by atoms with Crippen LogP contribution in [0, 0.1) is 13.8 Å². The van der Waals surface area contributed by atoms with Gasteiger partial charge < -0.3 is 0 Å². The molecule has 2 aromatic carbocycles. The number of hydrazine groups is 1. The highest BCUT2D eigenvalue weighted by atomic mass is 16.2. The minimum atomic E-state index is -0.460. The fraction of sp³-hybridized carbons (Fsp3) is 0.105. The highest BCUT2D eigenvalue weighted by Gasteiger charge is 2.11. The average Bonchev–Trinajstić information content (AvgIpc) is 2.61. The molecule has 1 heterocycles. The topological polar surface area (TPSA) is 71.1 Å². The number of para-hydroxylation sites is 1. The third-order valence-corrected chi connectivity index (χ3v) is 3.89. The monoisotopic (exact) mass is 319 g/mol. The summed E-state index contributed by atoms with van der Waals surface area (Å²) in [6.45, 7) is 3.91. The van der Waals surface area contributed by atoms with Gasteiger partial charge in [-0.25, -0.2) is 4.98 Å². The van der Waals surface area contributed by atoms with Gasteiger partial charge in [-0.2, -0.15) is 0 Å². The Labute approximate surface area is 139 Å². The molecule has 0 radical (unpaired) electrons. The first-order valence-corrected chi connectivity index (χ1v) is 7.58. The molecular weight excluding hydrogens is 302 g/mol. The molecule has 0 spiro atoms. The van der Waals surface area contributed by atoms with Crippen molar-refractivity contribution in [2.24, 2.45) is 0 Å². The molecule has 5 nitrogen and oxygen atoms in total. The summed E-state index contributed by atoms with van der Waals surface area (Å²) in [5.41, 5.74) is 8.40. The van der Waals surface area contributed by atoms with Crippen molar-refractivity contribution in [2.75, 3.05) is 0 Å². The molecule has 0 aliphatic carbocycles. The highest BCUT2D eigenvalue weighted by Crippen LogP contribution is 2.12. The minimum Gasteiger partial charge on any atom is -0.267 e. The van der Waals surface area contributed by atoms with E-state index in [1.807, 2.05) is 50.2 Å². The molecular formula is C19H17N3O2. The lowest BCUT2D eigenvalue weighted by Crippen LogP contribution is -2.42. The Bertz CT molecular complexity index is 935. The van der Waals surface area contributed by atoms with Gasteiger partial charge in [-0.1, -0.05) is 30.3 Å². The van der Waals surface area contributed by atoms with Crippen molar-refractivity contribution in [2.45, 2.75) is 13.8 Å². The van der Waals surface area contributed by atoms with Gasteiger partial charge in [0.1, 0.15) is 5.69 Å². The molecule has 3 aromatic rings. The molecule has 0 unspecified atom stereocenters. The second kappa shape index (κ2) is 6.50. The van der Waals surface area contributed by atoms with Crippen LogP contribution in [0.25, 0.3) is 10.9 Å². The Hall–Kier alpha value is -3.21. The molecule has 24 heavy (non-hydrogen) atoms. The summed E-state index contributed by atoms with van der Waals surface area (Å²) in [5.74, 6) is -0.829. The van der Waals surface area contributed by atoms with E-state index in [0.717, 1.165) is 22.0 Å². The lowest BCUT2D eigenvalue weighted by atomic mass is 10.1. The van der Waals surface area contributed by atoms with E-state index in [1.165, 1.54) is 0 Å². The predicted octanol–water partition coefficient (Wildman–Crippen LogP) is 2.93. The number of aryl methyl sites for hydroxylation is 2. The van der Waals surface area contributed by atoms with Gasteiger partial charge in [0.15, 0.2) is 0 Å². The van der Waals surface area contributed by atoms with Crippen molar-refractivity contribution in [3.8, 4) is 0 Å². The van der Waals surface area contributed by atoms with Crippen molar-refractivity contribution in [1.29, 1.82) is 0 Å². The maximum atomic E-state index is 12.2. The third-order valence-electron chi connectivity index (χ3n) is 3.89. The number of carbonyl (C=O) groups is 2. The number of nitrogens with one attached hydrogen (secondary N) is 2. The van der Waals surface area contributed by atoms with E-state index in [0.29, 0.717) is 5.56 Å². The number of fused-ring (bicyclic) bond motifs is 1. The molecule has 0 atom stereocenters. The van der Waals surface area contributed by atoms with Gasteiger partial charge in [0.25, 0.3) is 11.8 Å². The zero-order chi connectivity index (χ0) is 17.1. The molecule has 0 fully saturated rings. The number of carbonyl (C=O) groups excluding carboxylic acids is 2. The van der Waals surface area contributed by atoms with Crippen LogP contribution in [0.4, 0.5) is 0 Å². The molecule has 0 aliphatic rings. The van der Waals surface area contributed by atoms with Gasteiger partial charge in [-0.3, -0.25) is 20.4 Å². The fourth-order valence-corrected chi connectivity index (χ4v) is 2.32. The number of hydrogen-bond acceptors (Lipinski definition) is 3. The van der Waals surface area contributed by atoms with Crippen molar-refractivity contribution in [3.63, 3.8) is 0 Å². The minimum absolute atomic E-state index is 0.245. The van der Waals surface area contributed by atoms with E-state index in [9.17, 15) is 9.59 Å². The number of pyridine rings is 1. The van der Waals surface area contributed by atoms with Gasteiger partial charge >= 0.3 is 0 Å². The molecule has 0 saturated heterocycles. The van der Waals surface area contributed by atoms with Gasteiger partial charge in [0.05, 0.1) is 5.52 Å². The molecule has 0 bridgehead atoms. The first kappa shape index (κ1) is 15.7. The van der Waals surface area contributed by atoms with Crippen molar-refractivity contribution < 1.29 is 9.59 Å². The number of rotatable bonds is 2. The van der Waals surface area contributed by atoms with Crippen LogP contribution in [0.3, 0.4) is 0 Å². The maximum absolute atomic E-state index is 12.2. The van der Waals surface area contributed by atoms with Crippen LogP contribution in [0.5, 0.6) is 0 Å². The van der Waals surface area contributed by atoms with E-state index in [-0.39, 0.29) is 11.6 Å². The quantitative estimate of drug-likeness (QED) is 0.713. The van der Waals surface area contributed by atoms with Crippen molar-refractivity contribution in [1.82, 2.24) is 15.8 Å². The predicted molar refractivity (Wildman–Crippen MR) is 92.6 cm³/mol. The van der Waals surface area contributed by atoms with Crippen molar-refractivity contribution in [3.05, 3.63) is 77.0 Å². The van der Waals surface area contributed by atoms with Crippen molar-refractivity contribution >= 4 is 22.7 Å². The number of nitrogens with zero attached hydrogens (tertiary/aromatic N) is 1. The molecule has 0 aliphatic heterocycles. The zero-order valence-corrected chi connectivity index (χ0v) is 13.5. The van der Waals surface area contributed by atoms with Crippen LogP contribution in [0.15, 0.2) is 54.6 Å².